The zero-order chi connectivity index (χ0) is 81.5. The Kier molecular flexibility index (Phi) is 29.2. The number of aliphatic hydroxyl groups is 6. The molecule has 39 heteroatoms. The fourth-order valence-corrected chi connectivity index (χ4v) is 13.7. The normalized spacial score (nSPS) is 27.2. The Morgan fingerprint density at radius 2 is 1.35 bits per heavy atom. The number of benzene rings is 5. The fraction of sp³-hybridized carbons (Fsp3) is 0.419. The number of nitrogens with zero attached hydrogens (tertiary/aromatic N) is 1. The number of aromatic nitrogens is 1. The Hall–Kier alpha value is -9.44. The molecule has 8 heterocycles. The number of phenolic OH excluding ortho intramolecular Hbond substituents is 3. The van der Waals surface area contributed by atoms with Gasteiger partial charge in [0.25, 0.3) is 0 Å². The van der Waals surface area contributed by atoms with Crippen LogP contribution in [-0.2, 0) is 80.2 Å². The number of ether oxygens (including phenoxy) is 6. The quantitative estimate of drug-likeness (QED) is 0.0617. The second-order valence-corrected chi connectivity index (χ2v) is 28.8. The third-order valence-electron chi connectivity index (χ3n) is 19.1. The van der Waals surface area contributed by atoms with E-state index in [1.54, 1.807) is 12.1 Å². The van der Waals surface area contributed by atoms with Crippen molar-refractivity contribution in [2.24, 2.45) is 23.1 Å². The second kappa shape index (κ2) is 37.7. The first-order valence-electron chi connectivity index (χ1n) is 35.4. The number of aliphatic hydroxyl groups excluding tert-OH is 6. The number of carboxylic acid groups (broad SMARTS) is 1. The average Bonchev–Trinajstić information content (AvgIpc) is 0.752. The van der Waals surface area contributed by atoms with Gasteiger partial charge in [-0.2, -0.15) is 0 Å². The van der Waals surface area contributed by atoms with Gasteiger partial charge in [-0.3, -0.25) is 38.5 Å². The van der Waals surface area contributed by atoms with E-state index < -0.39 is 237 Å². The SMILES string of the molecule is CN[C@H](CC(C)C)C(=O)N[C@H]1C(=O)N[C@@H](CC(=O)NCc2cccnc2)C(=O)N[C@H]2C(=O)N[C@H]3C(=O)N[C@H](C(=O)N[C@H](C(=O)O)c4cc(O)cc(O)c4-c4cc3ccc4O)[C@H](O)c3ccc(c(Cl)c3)Oc3cc2cc(c3O[C@@H]2O[C@H](CO)[C@@H](O)[C@H](O)[C@H]2O[C@H]2C[C@](C)(N)[C@H](O)[C@H](C)O2)Oc2ccc(cc2Cl)[C@H]1O.NCCN.[Pt+2]. The molecule has 1 aromatic heterocycles. The van der Waals surface area contributed by atoms with Crippen LogP contribution >= 0.6 is 23.2 Å². The summed E-state index contributed by atoms with van der Waals surface area (Å²) in [6, 6.07) is 2.62. The number of amides is 7. The predicted molar refractivity (Wildman–Crippen MR) is 394 cm³/mol. The van der Waals surface area contributed by atoms with Crippen molar-refractivity contribution in [3.63, 3.8) is 0 Å². The monoisotopic (exact) mass is 1790 g/mol. The molecule has 0 saturated carbocycles. The third-order valence-corrected chi connectivity index (χ3v) is 19.7. The number of nitrogens with one attached hydrogen (secondary N) is 8. The van der Waals surface area contributed by atoms with Gasteiger partial charge in [-0.25, -0.2) is 4.79 Å². The van der Waals surface area contributed by atoms with Crippen LogP contribution in [0.2, 0.25) is 10.0 Å². The van der Waals surface area contributed by atoms with Gasteiger partial charge < -0.3 is 139 Å². The van der Waals surface area contributed by atoms with Gasteiger partial charge in [-0.1, -0.05) is 61.3 Å². The van der Waals surface area contributed by atoms with Crippen LogP contribution in [0.1, 0.15) is 111 Å². The maximum Gasteiger partial charge on any atom is 2.00 e. The van der Waals surface area contributed by atoms with Gasteiger partial charge in [0.05, 0.1) is 41.3 Å². The molecule has 18 atom stereocenters. The van der Waals surface area contributed by atoms with Gasteiger partial charge in [0.1, 0.15) is 89.5 Å². The molecule has 2 saturated heterocycles. The molecule has 5 aromatic carbocycles. The zero-order valence-corrected chi connectivity index (χ0v) is 64.9. The van der Waals surface area contributed by atoms with Crippen molar-refractivity contribution in [1.29, 1.82) is 0 Å². The van der Waals surface area contributed by atoms with Gasteiger partial charge in [-0.15, -0.1) is 0 Å². The number of halogens is 2. The summed E-state index contributed by atoms with van der Waals surface area (Å²) in [6.07, 6.45) is -15.6. The summed E-state index contributed by atoms with van der Waals surface area (Å²) in [5.41, 5.74) is 12.6. The fourth-order valence-electron chi connectivity index (χ4n) is 13.3. The molecule has 0 radical (unpaired) electrons. The van der Waals surface area contributed by atoms with Gasteiger partial charge in [0.2, 0.25) is 53.4 Å². The van der Waals surface area contributed by atoms with Crippen LogP contribution in [-0.4, -0.2) is 209 Å². The number of pyridine rings is 1. The van der Waals surface area contributed by atoms with E-state index in [1.807, 2.05) is 13.8 Å². The van der Waals surface area contributed by atoms with E-state index in [0.29, 0.717) is 18.7 Å². The molecule has 6 aromatic rings. The first-order valence-corrected chi connectivity index (χ1v) is 36.1. The Labute approximate surface area is 669 Å². The summed E-state index contributed by atoms with van der Waals surface area (Å²) in [5.74, 6) is -15.6. The summed E-state index contributed by atoms with van der Waals surface area (Å²) in [7, 11) is 1.48. The predicted octanol–water partition coefficient (Wildman–Crippen LogP) is 0.234. The first kappa shape index (κ1) is 87.5. The molecule has 610 valence electrons. The minimum atomic E-state index is -2.36. The van der Waals surface area contributed by atoms with Gasteiger partial charge in [-0.05, 0) is 122 Å². The number of rotatable bonds is 16. The summed E-state index contributed by atoms with van der Waals surface area (Å²) in [4.78, 5) is 124. The van der Waals surface area contributed by atoms with Crippen LogP contribution in [0.15, 0.2) is 103 Å². The van der Waals surface area contributed by atoms with Crippen molar-refractivity contribution >= 4 is 70.5 Å². The maximum atomic E-state index is 16.3. The van der Waals surface area contributed by atoms with Crippen molar-refractivity contribution in [3.05, 3.63) is 147 Å². The smallest absolute Gasteiger partial charge is 0.508 e. The minimum absolute atomic E-state index is 0. The van der Waals surface area contributed by atoms with Crippen molar-refractivity contribution in [3.8, 4) is 57.1 Å². The van der Waals surface area contributed by atoms with E-state index in [0.717, 1.165) is 66.7 Å². The number of carboxylic acids is 1. The summed E-state index contributed by atoms with van der Waals surface area (Å²) in [6.45, 7) is 6.68. The van der Waals surface area contributed by atoms with Crippen LogP contribution in [0.25, 0.3) is 11.1 Å². The number of aliphatic carboxylic acids is 1. The second-order valence-electron chi connectivity index (χ2n) is 28.0. The molecule has 7 amide bonds. The zero-order valence-electron chi connectivity index (χ0n) is 61.1. The van der Waals surface area contributed by atoms with Crippen molar-refractivity contribution in [2.45, 2.75) is 163 Å². The van der Waals surface area contributed by atoms with E-state index in [4.69, 9.17) is 68.8 Å². The van der Waals surface area contributed by atoms with Crippen molar-refractivity contribution in [2.75, 3.05) is 26.7 Å². The molecule has 7 aliphatic rings. The standard InChI is InChI=1S/C72H80Cl2N10O24.C2H8N2.Pt/c1-28(2)15-40(76-5)64(95)83-55-57(90)32-9-12-44(38(73)17-32)104-46-19-34-20-47(61(46)108-71-62(60(93)59(92)48(27-85)106-71)107-50-24-72(4,75)63(94)29(3)103-50)105-45-13-10-33(18-39(45)74)58(91)56-69(100)82-54(70(101)102)37-21-35(86)22-43(88)51(37)36-16-31(8-11-42(36)87)52(66(97)84-56)81-67(98)53(34)80-65(96)41(79-68(55)99)23-49(89)78-26-30-7-6-14-77-25-30;3-1-2-4;/h6-14,16-22,25,28-29,40-41,48,50,52-60,62-63,71,76,85-88,90-94H,15,23-24,26-27,75H2,1-5H3,(H,78,89)(H,79,99)(H,80,96)(H,81,98)(H,82,100)(H,83,95)(H,84,97)(H,101,102);1-4H2;/q;;+2/t29-,40+,41-,48+,50-,52+,53+,54-,55+,56-,57+,58+,59+,60-,62+,63+,71-,72-;;/m0../s1. The van der Waals surface area contributed by atoms with E-state index in [9.17, 15) is 70.2 Å². The van der Waals surface area contributed by atoms with E-state index >= 15 is 19.2 Å². The Bertz CT molecular complexity index is 4500. The van der Waals surface area contributed by atoms with Gasteiger partial charge in [0.15, 0.2) is 29.9 Å². The van der Waals surface area contributed by atoms with Crippen LogP contribution < -0.4 is 73.9 Å². The van der Waals surface area contributed by atoms with Gasteiger partial charge >= 0.3 is 27.0 Å². The molecular weight excluding hydrogens is 1710 g/mol. The molecule has 113 heavy (non-hydrogen) atoms. The van der Waals surface area contributed by atoms with E-state index in [-0.39, 0.29) is 73.8 Å². The summed E-state index contributed by atoms with van der Waals surface area (Å²) in [5, 5.41) is 134. The van der Waals surface area contributed by atoms with Gasteiger partial charge in [0, 0.05) is 66.7 Å². The largest absolute Gasteiger partial charge is 2.00 e. The molecule has 13 rings (SSSR count). The Balaban J connectivity index is 0.00000286. The van der Waals surface area contributed by atoms with E-state index in [2.05, 4.69) is 47.5 Å². The number of hydrogen-bond acceptors (Lipinski definition) is 28. The molecule has 0 unspecified atom stereocenters. The molecule has 2 fully saturated rings. The number of carbonyl (C=O) groups is 8. The number of fused-ring (bicyclic) bond motifs is 15. The van der Waals surface area contributed by atoms with Crippen molar-refractivity contribution < 1.29 is 139 Å². The molecule has 7 aliphatic heterocycles. The maximum absolute atomic E-state index is 16.3. The number of likely N-dealkylation sites (N-methyl/N-ethyl adjacent to an activating group) is 1. The molecule has 11 bridgehead atoms. The number of carbonyl (C=O) groups excluding carboxylic acids is 7. The van der Waals surface area contributed by atoms with Crippen molar-refractivity contribution in [1.82, 2.24) is 47.5 Å². The molecule has 0 spiro atoms. The summed E-state index contributed by atoms with van der Waals surface area (Å²) < 4.78 is 38.6. The molecule has 24 N–H and O–H groups in total. The first-order chi connectivity index (χ1) is 53.1. The minimum Gasteiger partial charge on any atom is -0.508 e. The van der Waals surface area contributed by atoms with Crippen LogP contribution in [0, 0.1) is 5.92 Å². The molecular formula is C74H88Cl2N12O24Pt+2. The molecule has 36 nitrogen and oxygen atoms in total. The Morgan fingerprint density at radius 1 is 0.726 bits per heavy atom. The Morgan fingerprint density at radius 3 is 1.93 bits per heavy atom. The summed E-state index contributed by atoms with van der Waals surface area (Å²) >= 11 is 14.2. The topological polar surface area (TPSA) is 581 Å². The average molecular weight is 1800 g/mol. The van der Waals surface area contributed by atoms with E-state index in [1.165, 1.54) is 45.4 Å². The number of aromatic hydroxyl groups is 3. The van der Waals surface area contributed by atoms with Crippen LogP contribution in [0.5, 0.6) is 46.0 Å². The number of phenols is 3. The van der Waals surface area contributed by atoms with Crippen LogP contribution in [0.3, 0.4) is 0 Å². The van der Waals surface area contributed by atoms with Crippen LogP contribution in [0.4, 0.5) is 0 Å². The third kappa shape index (κ3) is 20.2. The molecule has 0 aliphatic carbocycles. The number of nitrogens with two attached hydrogens (primary N) is 3. The number of hydrogen-bond donors (Lipinski definition) is 21.